The fraction of sp³-hybridized carbons (Fsp3) is 0.435. The van der Waals surface area contributed by atoms with Gasteiger partial charge in [-0.1, -0.05) is 12.1 Å². The van der Waals surface area contributed by atoms with Crippen LogP contribution in [0.2, 0.25) is 0 Å². The Balaban J connectivity index is 1.28. The number of rotatable bonds is 4. The normalized spacial score (nSPS) is 19.9. The van der Waals surface area contributed by atoms with Gasteiger partial charge in [0, 0.05) is 13.0 Å². The number of ether oxygens (including phenoxy) is 4. The molecule has 1 unspecified atom stereocenters. The summed E-state index contributed by atoms with van der Waals surface area (Å²) in [5, 5.41) is 3.24. The molecular weight excluding hydrogens is 384 g/mol. The molecule has 1 N–H and O–H groups in total. The minimum absolute atomic E-state index is 0.0562. The first-order valence-corrected chi connectivity index (χ1v) is 10.6. The van der Waals surface area contributed by atoms with Crippen LogP contribution in [0.25, 0.3) is 0 Å². The van der Waals surface area contributed by atoms with Crippen molar-refractivity contribution in [2.45, 2.75) is 25.3 Å². The van der Waals surface area contributed by atoms with Crippen LogP contribution < -0.4 is 24.3 Å². The zero-order valence-electron chi connectivity index (χ0n) is 16.9. The molecular formula is C23H26N2O5. The van der Waals surface area contributed by atoms with Crippen LogP contribution in [0, 0.1) is 0 Å². The van der Waals surface area contributed by atoms with Crippen molar-refractivity contribution < 1.29 is 23.7 Å². The fourth-order valence-corrected chi connectivity index (χ4v) is 4.28. The van der Waals surface area contributed by atoms with Gasteiger partial charge in [-0.2, -0.15) is 0 Å². The summed E-state index contributed by atoms with van der Waals surface area (Å²) in [5.74, 6) is 3.02. The van der Waals surface area contributed by atoms with E-state index in [9.17, 15) is 4.79 Å². The number of likely N-dealkylation sites (tertiary alicyclic amines) is 1. The van der Waals surface area contributed by atoms with Crippen LogP contribution >= 0.6 is 0 Å². The smallest absolute Gasteiger partial charge is 0.242 e. The molecule has 0 aromatic heterocycles. The number of carbonyl (C=O) groups is 1. The quantitative estimate of drug-likeness (QED) is 0.833. The average molecular weight is 410 g/mol. The third-order valence-electron chi connectivity index (χ3n) is 5.73. The van der Waals surface area contributed by atoms with Gasteiger partial charge in [0.05, 0.1) is 31.5 Å². The Morgan fingerprint density at radius 3 is 2.70 bits per heavy atom. The van der Waals surface area contributed by atoms with E-state index in [4.69, 9.17) is 18.9 Å². The summed E-state index contributed by atoms with van der Waals surface area (Å²) in [7, 11) is 0. The van der Waals surface area contributed by atoms with Crippen LogP contribution in [-0.4, -0.2) is 50.3 Å². The summed E-state index contributed by atoms with van der Waals surface area (Å²) in [6.45, 7) is 3.34. The third-order valence-corrected chi connectivity index (χ3v) is 5.73. The molecule has 3 aliphatic heterocycles. The monoisotopic (exact) mass is 410 g/mol. The topological polar surface area (TPSA) is 69.3 Å². The molecule has 1 saturated heterocycles. The lowest BCUT2D eigenvalue weighted by atomic mass is 10.0. The lowest BCUT2D eigenvalue weighted by Crippen LogP contribution is -2.35. The van der Waals surface area contributed by atoms with Gasteiger partial charge in [0.1, 0.15) is 13.2 Å². The molecule has 0 radical (unpaired) electrons. The first kappa shape index (κ1) is 18.9. The minimum Gasteiger partial charge on any atom is -0.490 e. The van der Waals surface area contributed by atoms with E-state index in [-0.39, 0.29) is 18.5 Å². The second-order valence-corrected chi connectivity index (χ2v) is 7.69. The number of hydrogen-bond donors (Lipinski definition) is 1. The number of nitrogens with zero attached hydrogens (tertiary/aromatic N) is 1. The van der Waals surface area contributed by atoms with E-state index in [1.807, 2.05) is 35.2 Å². The molecule has 1 fully saturated rings. The van der Waals surface area contributed by atoms with E-state index in [1.54, 1.807) is 0 Å². The van der Waals surface area contributed by atoms with Gasteiger partial charge in [0.2, 0.25) is 5.91 Å². The molecule has 3 aliphatic rings. The zero-order chi connectivity index (χ0) is 20.3. The lowest BCUT2D eigenvalue weighted by molar-refractivity contribution is -0.130. The molecule has 1 amide bonds. The Bertz CT molecular complexity index is 932. The van der Waals surface area contributed by atoms with Crippen LogP contribution in [0.15, 0.2) is 36.4 Å². The SMILES string of the molecule is O=C(CNc1cccc2c1OCCO2)N1CCCC1c1ccc2c(c1)OCCCO2. The molecule has 2 aromatic rings. The largest absolute Gasteiger partial charge is 0.490 e. The summed E-state index contributed by atoms with van der Waals surface area (Å²) in [6, 6.07) is 11.8. The molecule has 0 saturated carbocycles. The highest BCUT2D eigenvalue weighted by Crippen LogP contribution is 2.39. The second-order valence-electron chi connectivity index (χ2n) is 7.69. The number of nitrogens with one attached hydrogen (secondary N) is 1. The summed E-state index contributed by atoms with van der Waals surface area (Å²) in [5.41, 5.74) is 1.88. The number of amides is 1. The average Bonchev–Trinajstić information content (AvgIpc) is 3.16. The number of anilines is 1. The molecule has 1 atom stereocenters. The molecule has 7 nitrogen and oxygen atoms in total. The summed E-state index contributed by atoms with van der Waals surface area (Å²) in [6.07, 6.45) is 2.81. The first-order valence-electron chi connectivity index (χ1n) is 10.6. The van der Waals surface area contributed by atoms with E-state index in [2.05, 4.69) is 11.4 Å². The predicted molar refractivity (Wildman–Crippen MR) is 112 cm³/mol. The summed E-state index contributed by atoms with van der Waals surface area (Å²) in [4.78, 5) is 15.0. The Morgan fingerprint density at radius 1 is 0.933 bits per heavy atom. The summed E-state index contributed by atoms with van der Waals surface area (Å²) >= 11 is 0. The van der Waals surface area contributed by atoms with E-state index in [1.165, 1.54) is 0 Å². The Labute approximate surface area is 175 Å². The van der Waals surface area contributed by atoms with Crippen molar-refractivity contribution in [2.24, 2.45) is 0 Å². The maximum Gasteiger partial charge on any atom is 0.242 e. The number of para-hydroxylation sites is 1. The molecule has 30 heavy (non-hydrogen) atoms. The van der Waals surface area contributed by atoms with Crippen molar-refractivity contribution in [1.29, 1.82) is 0 Å². The summed E-state index contributed by atoms with van der Waals surface area (Å²) < 4.78 is 22.9. The van der Waals surface area contributed by atoms with E-state index < -0.39 is 0 Å². The van der Waals surface area contributed by atoms with Crippen LogP contribution in [0.1, 0.15) is 30.9 Å². The van der Waals surface area contributed by atoms with E-state index in [0.717, 1.165) is 48.6 Å². The van der Waals surface area contributed by atoms with Gasteiger partial charge in [-0.25, -0.2) is 0 Å². The van der Waals surface area contributed by atoms with Crippen molar-refractivity contribution in [3.05, 3.63) is 42.0 Å². The van der Waals surface area contributed by atoms with Gasteiger partial charge in [-0.15, -0.1) is 0 Å². The number of hydrogen-bond acceptors (Lipinski definition) is 6. The lowest BCUT2D eigenvalue weighted by Gasteiger charge is -2.26. The first-order chi connectivity index (χ1) is 14.8. The molecule has 0 spiro atoms. The van der Waals surface area contributed by atoms with Gasteiger partial charge < -0.3 is 29.2 Å². The number of benzene rings is 2. The van der Waals surface area contributed by atoms with Gasteiger partial charge in [-0.05, 0) is 42.7 Å². The molecule has 5 rings (SSSR count). The number of fused-ring (bicyclic) bond motifs is 2. The minimum atomic E-state index is 0.0562. The van der Waals surface area contributed by atoms with Crippen LogP contribution in [0.4, 0.5) is 5.69 Å². The van der Waals surface area contributed by atoms with Gasteiger partial charge >= 0.3 is 0 Å². The highest BCUT2D eigenvalue weighted by Gasteiger charge is 2.31. The Kier molecular flexibility index (Phi) is 5.26. The molecule has 158 valence electrons. The highest BCUT2D eigenvalue weighted by molar-refractivity contribution is 5.82. The van der Waals surface area contributed by atoms with Crippen molar-refractivity contribution in [1.82, 2.24) is 4.90 Å². The van der Waals surface area contributed by atoms with E-state index >= 15 is 0 Å². The van der Waals surface area contributed by atoms with Crippen molar-refractivity contribution >= 4 is 11.6 Å². The van der Waals surface area contributed by atoms with Crippen LogP contribution in [0.3, 0.4) is 0 Å². The predicted octanol–water partition coefficient (Wildman–Crippen LogP) is 3.39. The van der Waals surface area contributed by atoms with Crippen LogP contribution in [0.5, 0.6) is 23.0 Å². The molecule has 2 aromatic carbocycles. The van der Waals surface area contributed by atoms with Gasteiger partial charge in [0.15, 0.2) is 23.0 Å². The van der Waals surface area contributed by atoms with Crippen molar-refractivity contribution in [3.63, 3.8) is 0 Å². The van der Waals surface area contributed by atoms with E-state index in [0.29, 0.717) is 37.9 Å². The maximum absolute atomic E-state index is 13.0. The zero-order valence-corrected chi connectivity index (χ0v) is 16.9. The van der Waals surface area contributed by atoms with Gasteiger partial charge in [0.25, 0.3) is 0 Å². The highest BCUT2D eigenvalue weighted by atomic mass is 16.6. The van der Waals surface area contributed by atoms with Gasteiger partial charge in [-0.3, -0.25) is 4.79 Å². The molecule has 3 heterocycles. The van der Waals surface area contributed by atoms with Crippen LogP contribution in [-0.2, 0) is 4.79 Å². The Morgan fingerprint density at radius 2 is 1.77 bits per heavy atom. The third kappa shape index (κ3) is 3.72. The van der Waals surface area contributed by atoms with Crippen molar-refractivity contribution in [3.8, 4) is 23.0 Å². The Hall–Kier alpha value is -3.09. The molecule has 7 heteroatoms. The molecule has 0 bridgehead atoms. The van der Waals surface area contributed by atoms with Crippen molar-refractivity contribution in [2.75, 3.05) is 44.8 Å². The fourth-order valence-electron chi connectivity index (χ4n) is 4.28. The maximum atomic E-state index is 13.0. The second kappa shape index (κ2) is 8.34. The molecule has 0 aliphatic carbocycles. The number of carbonyl (C=O) groups excluding carboxylic acids is 1. The standard InChI is InChI=1S/C23H26N2O5/c26-22(15-24-17-4-1-6-20-23(17)30-13-12-29-20)25-9-2-5-18(25)16-7-8-19-21(14-16)28-11-3-10-27-19/h1,4,6-8,14,18,24H,2-3,5,9-13,15H2.